The molecular formula is C30H24N2O5. The van der Waals surface area contributed by atoms with Gasteiger partial charge in [-0.25, -0.2) is 9.48 Å². The Balaban J connectivity index is 1.41. The zero-order valence-corrected chi connectivity index (χ0v) is 20.4. The second-order valence-electron chi connectivity index (χ2n) is 8.39. The summed E-state index contributed by atoms with van der Waals surface area (Å²) in [5, 5.41) is 5.70. The van der Waals surface area contributed by atoms with E-state index >= 15 is 0 Å². The molecule has 7 nitrogen and oxygen atoms in total. The van der Waals surface area contributed by atoms with Crippen molar-refractivity contribution in [3.8, 4) is 22.9 Å². The van der Waals surface area contributed by atoms with E-state index < -0.39 is 5.97 Å². The molecule has 0 fully saturated rings. The van der Waals surface area contributed by atoms with Crippen LogP contribution in [-0.2, 0) is 16.1 Å². The second-order valence-corrected chi connectivity index (χ2v) is 8.39. The number of carbonyl (C=O) groups is 2. The van der Waals surface area contributed by atoms with E-state index in [-0.39, 0.29) is 12.4 Å². The van der Waals surface area contributed by atoms with Crippen LogP contribution in [0.15, 0.2) is 95.6 Å². The molecule has 0 atom stereocenters. The third kappa shape index (κ3) is 5.21. The summed E-state index contributed by atoms with van der Waals surface area (Å²) >= 11 is 0. The number of hydrogen-bond donors (Lipinski definition) is 0. The second kappa shape index (κ2) is 10.4. The Labute approximate surface area is 213 Å². The molecule has 37 heavy (non-hydrogen) atoms. The van der Waals surface area contributed by atoms with Crippen molar-refractivity contribution in [2.45, 2.75) is 13.5 Å². The number of aromatic nitrogens is 2. The van der Waals surface area contributed by atoms with Crippen LogP contribution in [0.4, 0.5) is 0 Å². The van der Waals surface area contributed by atoms with E-state index in [2.05, 4.69) is 0 Å². The number of furan rings is 1. The Hall–Kier alpha value is -4.91. The molecule has 0 N–H and O–H groups in total. The first-order valence-corrected chi connectivity index (χ1v) is 11.7. The van der Waals surface area contributed by atoms with Crippen molar-refractivity contribution >= 4 is 28.8 Å². The van der Waals surface area contributed by atoms with Crippen LogP contribution >= 0.6 is 0 Å². The van der Waals surface area contributed by atoms with Crippen molar-refractivity contribution in [3.05, 3.63) is 108 Å². The minimum atomic E-state index is -0.543. The molecule has 0 aliphatic carbocycles. The van der Waals surface area contributed by atoms with Crippen molar-refractivity contribution in [3.63, 3.8) is 0 Å². The quantitative estimate of drug-likeness (QED) is 0.145. The van der Waals surface area contributed by atoms with Gasteiger partial charge in [-0.05, 0) is 55.5 Å². The first-order valence-electron chi connectivity index (χ1n) is 11.7. The number of Topliss-reactive ketones (excluding diaryl/α,β-unsaturated/α-hetero) is 1. The number of hydrogen-bond acceptors (Lipinski definition) is 6. The summed E-state index contributed by atoms with van der Waals surface area (Å²) in [5.41, 5.74) is 4.04. The molecule has 0 saturated carbocycles. The maximum Gasteiger partial charge on any atom is 0.331 e. The summed E-state index contributed by atoms with van der Waals surface area (Å²) in [4.78, 5) is 24.3. The van der Waals surface area contributed by atoms with Gasteiger partial charge in [-0.1, -0.05) is 36.4 Å². The minimum Gasteiger partial charge on any atom is -0.496 e. The van der Waals surface area contributed by atoms with Gasteiger partial charge in [0.1, 0.15) is 23.6 Å². The van der Waals surface area contributed by atoms with Gasteiger partial charge in [0.15, 0.2) is 11.5 Å². The number of ether oxygens (including phenoxy) is 2. The first kappa shape index (κ1) is 23.8. The number of nitrogens with zero attached hydrogens (tertiary/aromatic N) is 2. The summed E-state index contributed by atoms with van der Waals surface area (Å²) in [5.74, 6) is 0.509. The fraction of sp³-hybridized carbons (Fsp3) is 0.100. The molecule has 0 aliphatic heterocycles. The van der Waals surface area contributed by atoms with Gasteiger partial charge in [-0.2, -0.15) is 5.10 Å². The number of para-hydroxylation sites is 2. The van der Waals surface area contributed by atoms with Crippen LogP contribution < -0.4 is 4.74 Å². The number of carbonyl (C=O) groups excluding carboxylic acids is 2. The molecule has 0 spiro atoms. The Morgan fingerprint density at radius 1 is 1.00 bits per heavy atom. The van der Waals surface area contributed by atoms with Crippen LogP contribution in [0.3, 0.4) is 0 Å². The van der Waals surface area contributed by atoms with E-state index in [1.54, 1.807) is 29.0 Å². The van der Waals surface area contributed by atoms with Crippen LogP contribution in [0.25, 0.3) is 34.2 Å². The standard InChI is InChI=1S/C30H24N2O5/c1-20(33)21-12-14-26(35-2)24(16-21)19-36-29(34)15-13-23-18-32(25-9-4-3-5-10-25)31-30(23)28-17-22-8-6-7-11-27(22)37-28/h3-18H,19H2,1-2H3. The lowest BCUT2D eigenvalue weighted by molar-refractivity contribution is -0.138. The lowest BCUT2D eigenvalue weighted by Gasteiger charge is -2.09. The molecule has 7 heteroatoms. The zero-order chi connectivity index (χ0) is 25.8. The molecule has 3 aromatic carbocycles. The highest BCUT2D eigenvalue weighted by Crippen LogP contribution is 2.30. The van der Waals surface area contributed by atoms with E-state index in [0.29, 0.717) is 33.9 Å². The monoisotopic (exact) mass is 492 g/mol. The summed E-state index contributed by atoms with van der Waals surface area (Å²) in [6, 6.07) is 24.4. The predicted octanol–water partition coefficient (Wildman–Crippen LogP) is 6.25. The van der Waals surface area contributed by atoms with Crippen molar-refractivity contribution < 1.29 is 23.5 Å². The Kier molecular flexibility index (Phi) is 6.68. The van der Waals surface area contributed by atoms with Gasteiger partial charge in [-0.15, -0.1) is 0 Å². The molecule has 0 bridgehead atoms. The van der Waals surface area contributed by atoms with Gasteiger partial charge in [0, 0.05) is 34.3 Å². The molecule has 0 amide bonds. The lowest BCUT2D eigenvalue weighted by atomic mass is 10.1. The minimum absolute atomic E-state index is 0.0345. The van der Waals surface area contributed by atoms with Crippen LogP contribution in [0.5, 0.6) is 5.75 Å². The van der Waals surface area contributed by atoms with E-state index in [4.69, 9.17) is 19.0 Å². The van der Waals surface area contributed by atoms with Gasteiger partial charge in [0.2, 0.25) is 0 Å². The Bertz CT molecular complexity index is 1580. The molecule has 0 aliphatic rings. The molecule has 5 aromatic rings. The van der Waals surface area contributed by atoms with E-state index in [9.17, 15) is 9.59 Å². The molecule has 2 heterocycles. The van der Waals surface area contributed by atoms with Crippen LogP contribution in [0.1, 0.15) is 28.4 Å². The fourth-order valence-corrected chi connectivity index (χ4v) is 3.98. The molecular weight excluding hydrogens is 468 g/mol. The molecule has 2 aromatic heterocycles. The Morgan fingerprint density at radius 3 is 2.54 bits per heavy atom. The number of rotatable bonds is 8. The van der Waals surface area contributed by atoms with E-state index in [1.807, 2.05) is 66.9 Å². The number of fused-ring (bicyclic) bond motifs is 1. The molecule has 184 valence electrons. The number of ketones is 1. The molecule has 5 rings (SSSR count). The van der Waals surface area contributed by atoms with E-state index in [0.717, 1.165) is 16.7 Å². The number of esters is 1. The van der Waals surface area contributed by atoms with Crippen molar-refractivity contribution in [2.75, 3.05) is 7.11 Å². The van der Waals surface area contributed by atoms with Crippen LogP contribution in [0, 0.1) is 0 Å². The van der Waals surface area contributed by atoms with Crippen LogP contribution in [0.2, 0.25) is 0 Å². The highest BCUT2D eigenvalue weighted by molar-refractivity contribution is 5.94. The maximum absolute atomic E-state index is 12.6. The summed E-state index contributed by atoms with van der Waals surface area (Å²) in [7, 11) is 1.53. The average Bonchev–Trinajstić information content (AvgIpc) is 3.55. The van der Waals surface area contributed by atoms with E-state index in [1.165, 1.54) is 20.1 Å². The highest BCUT2D eigenvalue weighted by Gasteiger charge is 2.16. The van der Waals surface area contributed by atoms with Crippen molar-refractivity contribution in [1.82, 2.24) is 9.78 Å². The third-order valence-electron chi connectivity index (χ3n) is 5.88. The number of methoxy groups -OCH3 is 1. The Morgan fingerprint density at radius 2 is 1.78 bits per heavy atom. The lowest BCUT2D eigenvalue weighted by Crippen LogP contribution is -2.04. The van der Waals surface area contributed by atoms with Gasteiger partial charge in [0.05, 0.1) is 12.8 Å². The molecule has 0 radical (unpaired) electrons. The predicted molar refractivity (Wildman–Crippen MR) is 141 cm³/mol. The summed E-state index contributed by atoms with van der Waals surface area (Å²) < 4.78 is 18.6. The topological polar surface area (TPSA) is 83.6 Å². The fourth-order valence-electron chi connectivity index (χ4n) is 3.98. The van der Waals surface area contributed by atoms with Gasteiger partial charge < -0.3 is 13.9 Å². The molecule has 0 saturated heterocycles. The largest absolute Gasteiger partial charge is 0.496 e. The van der Waals surface area contributed by atoms with Crippen LogP contribution in [-0.4, -0.2) is 28.6 Å². The van der Waals surface area contributed by atoms with Gasteiger partial charge >= 0.3 is 5.97 Å². The highest BCUT2D eigenvalue weighted by atomic mass is 16.5. The maximum atomic E-state index is 12.6. The smallest absolute Gasteiger partial charge is 0.331 e. The summed E-state index contributed by atoms with van der Waals surface area (Å²) in [6.45, 7) is 1.45. The van der Waals surface area contributed by atoms with Gasteiger partial charge in [-0.3, -0.25) is 4.79 Å². The van der Waals surface area contributed by atoms with Gasteiger partial charge in [0.25, 0.3) is 0 Å². The van der Waals surface area contributed by atoms with Crippen molar-refractivity contribution in [1.29, 1.82) is 0 Å². The first-order chi connectivity index (χ1) is 18.0. The average molecular weight is 493 g/mol. The summed E-state index contributed by atoms with van der Waals surface area (Å²) in [6.07, 6.45) is 4.83. The molecule has 0 unspecified atom stereocenters. The third-order valence-corrected chi connectivity index (χ3v) is 5.88. The SMILES string of the molecule is COc1ccc(C(C)=O)cc1COC(=O)C=Cc1cn(-c2ccccc2)nc1-c1cc2ccccc2o1. The zero-order valence-electron chi connectivity index (χ0n) is 20.4. The van der Waals surface area contributed by atoms with Crippen molar-refractivity contribution in [2.24, 2.45) is 0 Å². The number of benzene rings is 3. The normalized spacial score (nSPS) is 11.2.